The average molecular weight is 456 g/mol. The van der Waals surface area contributed by atoms with Gasteiger partial charge in [-0.2, -0.15) is 0 Å². The monoisotopic (exact) mass is 455 g/mol. The molecule has 2 aromatic carbocycles. The summed E-state index contributed by atoms with van der Waals surface area (Å²) in [4.78, 5) is 4.65. The molecule has 3 heterocycles. The zero-order valence-electron chi connectivity index (χ0n) is 19.2. The SMILES string of the molecule is COc1ccc(CN[C@@H]2[C@H](O)[C@@H](N3CCN(c4ccccc4OC)CC3)[C@@H]3OC[C@@H]2O3)cc1. The van der Waals surface area contributed by atoms with E-state index in [4.69, 9.17) is 18.9 Å². The van der Waals surface area contributed by atoms with Gasteiger partial charge < -0.3 is 34.3 Å². The van der Waals surface area contributed by atoms with Crippen LogP contribution < -0.4 is 19.7 Å². The minimum atomic E-state index is -0.577. The molecule has 2 N–H and O–H groups in total. The molecule has 3 saturated heterocycles. The first-order valence-corrected chi connectivity index (χ1v) is 11.6. The van der Waals surface area contributed by atoms with Crippen LogP contribution in [0.1, 0.15) is 5.56 Å². The summed E-state index contributed by atoms with van der Waals surface area (Å²) in [6.07, 6.45) is -1.11. The second-order valence-corrected chi connectivity index (χ2v) is 8.81. The number of rotatable bonds is 7. The van der Waals surface area contributed by atoms with Crippen molar-refractivity contribution in [2.75, 3.05) is 51.9 Å². The smallest absolute Gasteiger partial charge is 0.176 e. The van der Waals surface area contributed by atoms with Gasteiger partial charge in [0, 0.05) is 32.7 Å². The second-order valence-electron chi connectivity index (χ2n) is 8.81. The Balaban J connectivity index is 1.23. The molecule has 8 nitrogen and oxygen atoms in total. The molecule has 0 amide bonds. The summed E-state index contributed by atoms with van der Waals surface area (Å²) in [5.74, 6) is 1.72. The van der Waals surface area contributed by atoms with E-state index in [2.05, 4.69) is 21.2 Å². The van der Waals surface area contributed by atoms with E-state index < -0.39 is 6.10 Å². The van der Waals surface area contributed by atoms with E-state index in [1.54, 1.807) is 14.2 Å². The number of nitrogens with zero attached hydrogens (tertiary/aromatic N) is 2. The van der Waals surface area contributed by atoms with Gasteiger partial charge in [0.15, 0.2) is 6.29 Å². The molecule has 2 aromatic rings. The fourth-order valence-corrected chi connectivity index (χ4v) is 5.17. The third-order valence-electron chi connectivity index (χ3n) is 6.99. The van der Waals surface area contributed by atoms with E-state index in [1.807, 2.05) is 42.5 Å². The number of hydrogen-bond donors (Lipinski definition) is 2. The van der Waals surface area contributed by atoms with Crippen molar-refractivity contribution in [3.63, 3.8) is 0 Å². The van der Waals surface area contributed by atoms with Gasteiger partial charge in [0.2, 0.25) is 0 Å². The first-order valence-electron chi connectivity index (χ1n) is 11.6. The lowest BCUT2D eigenvalue weighted by Gasteiger charge is -2.47. The number of ether oxygens (including phenoxy) is 4. The minimum Gasteiger partial charge on any atom is -0.497 e. The summed E-state index contributed by atoms with van der Waals surface area (Å²) < 4.78 is 22.9. The minimum absolute atomic E-state index is 0.144. The summed E-state index contributed by atoms with van der Waals surface area (Å²) >= 11 is 0. The Bertz CT molecular complexity index is 919. The van der Waals surface area contributed by atoms with Crippen molar-refractivity contribution < 1.29 is 24.1 Å². The Morgan fingerprint density at radius 2 is 1.76 bits per heavy atom. The third-order valence-corrected chi connectivity index (χ3v) is 6.99. The van der Waals surface area contributed by atoms with Crippen molar-refractivity contribution >= 4 is 5.69 Å². The highest BCUT2D eigenvalue weighted by molar-refractivity contribution is 5.58. The molecule has 3 aliphatic heterocycles. The van der Waals surface area contributed by atoms with Crippen LogP contribution in [0.2, 0.25) is 0 Å². The van der Waals surface area contributed by atoms with Crippen LogP contribution in [0.5, 0.6) is 11.5 Å². The lowest BCUT2D eigenvalue weighted by molar-refractivity contribution is -0.183. The van der Waals surface area contributed by atoms with Crippen LogP contribution in [-0.2, 0) is 16.0 Å². The largest absolute Gasteiger partial charge is 0.497 e. The number of para-hydroxylation sites is 2. The number of methoxy groups -OCH3 is 2. The molecular weight excluding hydrogens is 422 g/mol. The lowest BCUT2D eigenvalue weighted by atomic mass is 9.94. The molecule has 0 saturated carbocycles. The van der Waals surface area contributed by atoms with Gasteiger partial charge in [0.25, 0.3) is 0 Å². The number of aliphatic hydroxyl groups excluding tert-OH is 1. The van der Waals surface area contributed by atoms with Gasteiger partial charge in [0.05, 0.1) is 44.7 Å². The molecule has 0 unspecified atom stereocenters. The van der Waals surface area contributed by atoms with Gasteiger partial charge in [-0.3, -0.25) is 4.90 Å². The Kier molecular flexibility index (Phi) is 6.71. The summed E-state index contributed by atoms with van der Waals surface area (Å²) in [5, 5.41) is 14.9. The fraction of sp³-hybridized carbons (Fsp3) is 0.520. The van der Waals surface area contributed by atoms with Crippen molar-refractivity contribution in [2.45, 2.75) is 37.1 Å². The molecule has 0 spiro atoms. The number of nitrogens with one attached hydrogen (secondary N) is 1. The van der Waals surface area contributed by atoms with Gasteiger partial charge in [0.1, 0.15) is 17.6 Å². The van der Waals surface area contributed by atoms with Crippen LogP contribution in [0.15, 0.2) is 48.5 Å². The third kappa shape index (κ3) is 4.54. The normalized spacial score (nSPS) is 29.8. The fourth-order valence-electron chi connectivity index (χ4n) is 5.17. The molecule has 33 heavy (non-hydrogen) atoms. The van der Waals surface area contributed by atoms with Gasteiger partial charge in [-0.25, -0.2) is 0 Å². The molecule has 8 heteroatoms. The number of piperazine rings is 1. The van der Waals surface area contributed by atoms with E-state index >= 15 is 0 Å². The highest BCUT2D eigenvalue weighted by atomic mass is 16.7. The Labute approximate surface area is 195 Å². The molecule has 3 fully saturated rings. The van der Waals surface area contributed by atoms with E-state index in [0.29, 0.717) is 13.2 Å². The first kappa shape index (κ1) is 22.4. The maximum Gasteiger partial charge on any atom is 0.176 e. The average Bonchev–Trinajstić information content (AvgIpc) is 3.29. The molecule has 5 rings (SSSR count). The Morgan fingerprint density at radius 3 is 2.48 bits per heavy atom. The number of aliphatic hydroxyl groups is 1. The number of fused-ring (bicyclic) bond motifs is 2. The first-order chi connectivity index (χ1) is 16.2. The lowest BCUT2D eigenvalue weighted by Crippen LogP contribution is -2.66. The van der Waals surface area contributed by atoms with Crippen LogP contribution in [0, 0.1) is 0 Å². The second kappa shape index (κ2) is 9.87. The van der Waals surface area contributed by atoms with E-state index in [0.717, 1.165) is 48.9 Å². The van der Waals surface area contributed by atoms with E-state index in [1.165, 1.54) is 0 Å². The van der Waals surface area contributed by atoms with Crippen molar-refractivity contribution in [3.05, 3.63) is 54.1 Å². The zero-order valence-corrected chi connectivity index (χ0v) is 19.2. The predicted octanol–water partition coefficient (Wildman–Crippen LogP) is 1.47. The van der Waals surface area contributed by atoms with Crippen LogP contribution in [0.4, 0.5) is 5.69 Å². The Hall–Kier alpha value is -2.36. The maximum absolute atomic E-state index is 11.4. The summed E-state index contributed by atoms with van der Waals surface area (Å²) in [7, 11) is 3.37. The van der Waals surface area contributed by atoms with Gasteiger partial charge in [-0.15, -0.1) is 0 Å². The van der Waals surface area contributed by atoms with Crippen molar-refractivity contribution in [2.24, 2.45) is 0 Å². The summed E-state index contributed by atoms with van der Waals surface area (Å²) in [6.45, 7) is 4.48. The van der Waals surface area contributed by atoms with Crippen LogP contribution in [0.3, 0.4) is 0 Å². The van der Waals surface area contributed by atoms with E-state index in [9.17, 15) is 5.11 Å². The van der Waals surface area contributed by atoms with Gasteiger partial charge >= 0.3 is 0 Å². The molecule has 178 valence electrons. The van der Waals surface area contributed by atoms with Crippen molar-refractivity contribution in [1.82, 2.24) is 10.2 Å². The number of benzene rings is 2. The van der Waals surface area contributed by atoms with Gasteiger partial charge in [-0.05, 0) is 29.8 Å². The molecule has 0 aliphatic carbocycles. The highest BCUT2D eigenvalue weighted by Crippen LogP contribution is 2.34. The standard InChI is InChI=1S/C25H33N3O5/c1-30-18-9-7-17(8-10-18)15-26-22-21-16-32-25(33-21)23(24(22)29)28-13-11-27(12-14-28)19-5-3-4-6-20(19)31-2/h3-10,21-26,29H,11-16H2,1-2H3/t21-,22-,23+,24-,25+/m0/s1. The Morgan fingerprint density at radius 1 is 1.00 bits per heavy atom. The molecule has 5 atom stereocenters. The molecule has 2 bridgehead atoms. The van der Waals surface area contributed by atoms with Crippen molar-refractivity contribution in [1.29, 1.82) is 0 Å². The zero-order chi connectivity index (χ0) is 22.8. The number of anilines is 1. The van der Waals surface area contributed by atoms with Crippen LogP contribution >= 0.6 is 0 Å². The quantitative estimate of drug-likeness (QED) is 0.650. The van der Waals surface area contributed by atoms with E-state index in [-0.39, 0.29) is 24.5 Å². The highest BCUT2D eigenvalue weighted by Gasteiger charge is 2.52. The van der Waals surface area contributed by atoms with Crippen LogP contribution in [-0.4, -0.2) is 87.6 Å². The molecule has 0 radical (unpaired) electrons. The molecule has 3 aliphatic rings. The summed E-state index contributed by atoms with van der Waals surface area (Å²) in [5.41, 5.74) is 2.24. The molecule has 0 aromatic heterocycles. The van der Waals surface area contributed by atoms with Gasteiger partial charge in [-0.1, -0.05) is 24.3 Å². The maximum atomic E-state index is 11.4. The van der Waals surface area contributed by atoms with Crippen LogP contribution in [0.25, 0.3) is 0 Å². The topological polar surface area (TPSA) is 75.7 Å². The number of hydrogen-bond acceptors (Lipinski definition) is 8. The predicted molar refractivity (Wildman–Crippen MR) is 125 cm³/mol. The van der Waals surface area contributed by atoms with Crippen molar-refractivity contribution in [3.8, 4) is 11.5 Å². The molecular formula is C25H33N3O5. The summed E-state index contributed by atoms with van der Waals surface area (Å²) in [6, 6.07) is 15.7.